The van der Waals surface area contributed by atoms with Crippen molar-refractivity contribution in [3.63, 3.8) is 0 Å². The Balaban J connectivity index is 1.37. The number of sulfonamides is 1. The normalized spacial score (nSPS) is 17.3. The highest BCUT2D eigenvalue weighted by atomic mass is 32.2. The summed E-state index contributed by atoms with van der Waals surface area (Å²) in [6.07, 6.45) is 2.99. The molecule has 0 bridgehead atoms. The molecular formula is C25H32N4O4S. The second-order valence-electron chi connectivity index (χ2n) is 9.20. The van der Waals surface area contributed by atoms with E-state index in [0.717, 1.165) is 24.8 Å². The van der Waals surface area contributed by atoms with Gasteiger partial charge < -0.3 is 15.5 Å². The number of hydrogen-bond acceptors (Lipinski definition) is 4. The van der Waals surface area contributed by atoms with Gasteiger partial charge in [-0.2, -0.15) is 4.31 Å². The predicted octanol–water partition coefficient (Wildman–Crippen LogP) is 2.85. The standard InChI is InChI=1S/C25H32N4O4S/c1-18(2)23(27-25(31)26-21-9-4-3-5-10-21)24(30)28-13-15-29(16-14-28)34(32,33)22-12-11-19-7-6-8-20(19)17-22/h3-5,9-12,17-18,23H,6-8,13-16H2,1-2H3,(H2,26,27,31)/t23-/m0/s1. The number of nitrogens with zero attached hydrogens (tertiary/aromatic N) is 2. The highest BCUT2D eigenvalue weighted by Gasteiger charge is 2.34. The Labute approximate surface area is 201 Å². The number of anilines is 1. The van der Waals surface area contributed by atoms with Crippen LogP contribution in [-0.4, -0.2) is 61.8 Å². The summed E-state index contributed by atoms with van der Waals surface area (Å²) in [5, 5.41) is 5.52. The molecule has 0 aromatic heterocycles. The molecule has 0 unspecified atom stereocenters. The fourth-order valence-corrected chi connectivity index (χ4v) is 6.02. The molecule has 3 amide bonds. The highest BCUT2D eigenvalue weighted by molar-refractivity contribution is 7.89. The fraction of sp³-hybridized carbons (Fsp3) is 0.440. The summed E-state index contributed by atoms with van der Waals surface area (Å²) >= 11 is 0. The van der Waals surface area contributed by atoms with Crippen molar-refractivity contribution in [3.05, 3.63) is 59.7 Å². The summed E-state index contributed by atoms with van der Waals surface area (Å²) in [6.45, 7) is 4.78. The van der Waals surface area contributed by atoms with E-state index in [1.165, 1.54) is 9.87 Å². The van der Waals surface area contributed by atoms with E-state index in [4.69, 9.17) is 0 Å². The smallest absolute Gasteiger partial charge is 0.319 e. The van der Waals surface area contributed by atoms with Gasteiger partial charge in [-0.05, 0) is 60.6 Å². The fourth-order valence-electron chi connectivity index (χ4n) is 4.55. The van der Waals surface area contributed by atoms with Crippen LogP contribution >= 0.6 is 0 Å². The summed E-state index contributed by atoms with van der Waals surface area (Å²) in [5.41, 5.74) is 2.99. The lowest BCUT2D eigenvalue weighted by Gasteiger charge is -2.36. The molecule has 1 fully saturated rings. The lowest BCUT2D eigenvalue weighted by Crippen LogP contribution is -2.57. The minimum atomic E-state index is -3.61. The minimum Gasteiger partial charge on any atom is -0.338 e. The molecule has 9 heteroatoms. The molecular weight excluding hydrogens is 452 g/mol. The lowest BCUT2D eigenvalue weighted by atomic mass is 10.0. The molecule has 1 aliphatic carbocycles. The van der Waals surface area contributed by atoms with E-state index < -0.39 is 22.1 Å². The average molecular weight is 485 g/mol. The van der Waals surface area contributed by atoms with Gasteiger partial charge in [0.15, 0.2) is 0 Å². The third-order valence-corrected chi connectivity index (χ3v) is 8.40. The average Bonchev–Trinajstić information content (AvgIpc) is 3.31. The van der Waals surface area contributed by atoms with Crippen molar-refractivity contribution in [2.24, 2.45) is 5.92 Å². The number of benzene rings is 2. The van der Waals surface area contributed by atoms with Gasteiger partial charge in [0.25, 0.3) is 0 Å². The summed E-state index contributed by atoms with van der Waals surface area (Å²) in [5.74, 6) is -0.324. The van der Waals surface area contributed by atoms with Gasteiger partial charge in [-0.1, -0.05) is 38.1 Å². The maximum Gasteiger partial charge on any atom is 0.319 e. The first-order chi connectivity index (χ1) is 16.3. The Kier molecular flexibility index (Phi) is 7.23. The summed E-state index contributed by atoms with van der Waals surface area (Å²) in [7, 11) is -3.61. The number of hydrogen-bond donors (Lipinski definition) is 2. The lowest BCUT2D eigenvalue weighted by molar-refractivity contribution is -0.135. The number of carbonyl (C=O) groups is 2. The molecule has 1 heterocycles. The molecule has 0 saturated carbocycles. The number of carbonyl (C=O) groups excluding carboxylic acids is 2. The summed E-state index contributed by atoms with van der Waals surface area (Å²) in [4.78, 5) is 27.6. The van der Waals surface area contributed by atoms with E-state index in [0.29, 0.717) is 10.6 Å². The molecule has 1 atom stereocenters. The minimum absolute atomic E-state index is 0.123. The molecule has 182 valence electrons. The van der Waals surface area contributed by atoms with E-state index in [9.17, 15) is 18.0 Å². The summed E-state index contributed by atoms with van der Waals surface area (Å²) in [6, 6.07) is 13.3. The predicted molar refractivity (Wildman–Crippen MR) is 131 cm³/mol. The van der Waals surface area contributed by atoms with Crippen molar-refractivity contribution in [3.8, 4) is 0 Å². The molecule has 2 aliphatic rings. The van der Waals surface area contributed by atoms with Crippen LogP contribution in [0.2, 0.25) is 0 Å². The summed E-state index contributed by atoms with van der Waals surface area (Å²) < 4.78 is 27.8. The van der Waals surface area contributed by atoms with Crippen LogP contribution in [0.4, 0.5) is 10.5 Å². The molecule has 0 spiro atoms. The molecule has 1 saturated heterocycles. The Morgan fingerprint density at radius 1 is 0.912 bits per heavy atom. The molecule has 2 aromatic carbocycles. The number of para-hydroxylation sites is 1. The molecule has 4 rings (SSSR count). The van der Waals surface area contributed by atoms with E-state index in [1.54, 1.807) is 29.2 Å². The maximum absolute atomic E-state index is 13.2. The van der Waals surface area contributed by atoms with Crippen molar-refractivity contribution in [2.75, 3.05) is 31.5 Å². The zero-order valence-corrected chi connectivity index (χ0v) is 20.5. The van der Waals surface area contributed by atoms with Crippen LogP contribution in [0.5, 0.6) is 0 Å². The number of piperazine rings is 1. The Hall–Kier alpha value is -2.91. The maximum atomic E-state index is 13.2. The van der Waals surface area contributed by atoms with Crippen LogP contribution in [0.25, 0.3) is 0 Å². The molecule has 0 radical (unpaired) electrons. The molecule has 34 heavy (non-hydrogen) atoms. The largest absolute Gasteiger partial charge is 0.338 e. The van der Waals surface area contributed by atoms with E-state index in [-0.39, 0.29) is 38.0 Å². The van der Waals surface area contributed by atoms with Crippen LogP contribution in [0.1, 0.15) is 31.4 Å². The second-order valence-corrected chi connectivity index (χ2v) is 11.1. The van der Waals surface area contributed by atoms with Crippen molar-refractivity contribution in [1.82, 2.24) is 14.5 Å². The number of amides is 3. The van der Waals surface area contributed by atoms with Crippen LogP contribution < -0.4 is 10.6 Å². The molecule has 2 aromatic rings. The van der Waals surface area contributed by atoms with E-state index in [2.05, 4.69) is 10.6 Å². The quantitative estimate of drug-likeness (QED) is 0.659. The first kappa shape index (κ1) is 24.2. The van der Waals surface area contributed by atoms with Crippen molar-refractivity contribution >= 4 is 27.6 Å². The van der Waals surface area contributed by atoms with Crippen molar-refractivity contribution in [1.29, 1.82) is 0 Å². The number of rotatable bonds is 6. The Morgan fingerprint density at radius 2 is 1.59 bits per heavy atom. The number of fused-ring (bicyclic) bond motifs is 1. The van der Waals surface area contributed by atoms with Crippen molar-refractivity contribution in [2.45, 2.75) is 44.0 Å². The van der Waals surface area contributed by atoms with Gasteiger partial charge in [-0.25, -0.2) is 13.2 Å². The zero-order valence-electron chi connectivity index (χ0n) is 19.7. The van der Waals surface area contributed by atoms with Crippen molar-refractivity contribution < 1.29 is 18.0 Å². The first-order valence-electron chi connectivity index (χ1n) is 11.8. The van der Waals surface area contributed by atoms with Crippen LogP contribution in [0.3, 0.4) is 0 Å². The van der Waals surface area contributed by atoms with Crippen LogP contribution in [0, 0.1) is 5.92 Å². The second kappa shape index (κ2) is 10.1. The van der Waals surface area contributed by atoms with Gasteiger partial charge >= 0.3 is 6.03 Å². The van der Waals surface area contributed by atoms with Gasteiger partial charge in [-0.3, -0.25) is 4.79 Å². The van der Waals surface area contributed by atoms with Gasteiger partial charge in [0.2, 0.25) is 15.9 Å². The molecule has 1 aliphatic heterocycles. The Bertz CT molecular complexity index is 1140. The number of aryl methyl sites for hydroxylation is 2. The SMILES string of the molecule is CC(C)[C@H](NC(=O)Nc1ccccc1)C(=O)N1CCN(S(=O)(=O)c2ccc3c(c2)CCC3)CC1. The van der Waals surface area contributed by atoms with Gasteiger partial charge in [0, 0.05) is 31.9 Å². The zero-order chi connectivity index (χ0) is 24.3. The number of nitrogens with one attached hydrogen (secondary N) is 2. The highest BCUT2D eigenvalue weighted by Crippen LogP contribution is 2.27. The van der Waals surface area contributed by atoms with Gasteiger partial charge in [0.1, 0.15) is 6.04 Å². The van der Waals surface area contributed by atoms with E-state index in [1.807, 2.05) is 38.1 Å². The number of urea groups is 1. The van der Waals surface area contributed by atoms with E-state index >= 15 is 0 Å². The third kappa shape index (κ3) is 5.26. The topological polar surface area (TPSA) is 98.8 Å². The first-order valence-corrected chi connectivity index (χ1v) is 13.2. The van der Waals surface area contributed by atoms with Gasteiger partial charge in [-0.15, -0.1) is 0 Å². The van der Waals surface area contributed by atoms with Crippen LogP contribution in [-0.2, 0) is 27.7 Å². The monoisotopic (exact) mass is 484 g/mol. The third-order valence-electron chi connectivity index (χ3n) is 6.51. The van der Waals surface area contributed by atoms with Crippen LogP contribution in [0.15, 0.2) is 53.4 Å². The molecule has 2 N–H and O–H groups in total. The Morgan fingerprint density at radius 3 is 2.26 bits per heavy atom. The van der Waals surface area contributed by atoms with Gasteiger partial charge in [0.05, 0.1) is 4.90 Å². The molecule has 8 nitrogen and oxygen atoms in total.